The van der Waals surface area contributed by atoms with Crippen LogP contribution in [0.25, 0.3) is 5.69 Å². The summed E-state index contributed by atoms with van der Waals surface area (Å²) in [6, 6.07) is 13.0. The number of carbonyl (C=O) groups excluding carboxylic acids is 2. The maximum Gasteiger partial charge on any atom is 0.253 e. The molecule has 1 saturated heterocycles. The van der Waals surface area contributed by atoms with Crippen molar-refractivity contribution in [2.24, 2.45) is 0 Å². The Hall–Kier alpha value is -3.37. The molecule has 0 radical (unpaired) electrons. The fourth-order valence-corrected chi connectivity index (χ4v) is 4.91. The third kappa shape index (κ3) is 4.25. The number of ketones is 1. The lowest BCUT2D eigenvalue weighted by Crippen LogP contribution is -2.50. The van der Waals surface area contributed by atoms with E-state index in [9.17, 15) is 18.0 Å². The van der Waals surface area contributed by atoms with E-state index in [1.165, 1.54) is 29.7 Å². The van der Waals surface area contributed by atoms with Crippen molar-refractivity contribution in [2.75, 3.05) is 26.2 Å². The number of piperazine rings is 1. The maximum atomic E-state index is 13.0. The van der Waals surface area contributed by atoms with E-state index < -0.39 is 10.0 Å². The SMILES string of the molecule is CC(=O)c1cccc(S(=O)(=O)N2CCN(C(=O)c3ccc(-n4cncn4)cc3)CC2)c1. The number of benzene rings is 2. The minimum absolute atomic E-state index is 0.0867. The maximum absolute atomic E-state index is 13.0. The van der Waals surface area contributed by atoms with Crippen molar-refractivity contribution in [3.05, 3.63) is 72.3 Å². The second-order valence-electron chi connectivity index (χ2n) is 7.17. The lowest BCUT2D eigenvalue weighted by molar-refractivity contribution is 0.0697. The van der Waals surface area contributed by atoms with E-state index in [-0.39, 0.29) is 42.8 Å². The Balaban J connectivity index is 1.43. The van der Waals surface area contributed by atoms with Gasteiger partial charge in [-0.1, -0.05) is 12.1 Å². The highest BCUT2D eigenvalue weighted by Crippen LogP contribution is 2.20. The predicted molar refractivity (Wildman–Crippen MR) is 112 cm³/mol. The summed E-state index contributed by atoms with van der Waals surface area (Å²) in [5.74, 6) is -0.344. The lowest BCUT2D eigenvalue weighted by atomic mass is 10.1. The molecule has 10 heteroatoms. The fraction of sp³-hybridized carbons (Fsp3) is 0.238. The zero-order valence-corrected chi connectivity index (χ0v) is 17.7. The first-order valence-corrected chi connectivity index (χ1v) is 11.2. The molecule has 0 saturated carbocycles. The standard InChI is InChI=1S/C21H21N5O4S/c1-16(27)18-3-2-4-20(13-18)31(29,30)25-11-9-24(10-12-25)21(28)17-5-7-19(8-6-17)26-15-22-14-23-26/h2-8,13-15H,9-12H2,1H3. The van der Waals surface area contributed by atoms with E-state index in [4.69, 9.17) is 0 Å². The van der Waals surface area contributed by atoms with Gasteiger partial charge in [0.05, 0.1) is 10.6 Å². The number of carbonyl (C=O) groups is 2. The van der Waals surface area contributed by atoms with Gasteiger partial charge >= 0.3 is 0 Å². The summed E-state index contributed by atoms with van der Waals surface area (Å²) < 4.78 is 28.9. The van der Waals surface area contributed by atoms with Gasteiger partial charge in [-0.25, -0.2) is 18.1 Å². The van der Waals surface area contributed by atoms with Crippen LogP contribution in [0, 0.1) is 0 Å². The monoisotopic (exact) mass is 439 g/mol. The van der Waals surface area contributed by atoms with Crippen LogP contribution in [0.2, 0.25) is 0 Å². The number of amides is 1. The Morgan fingerprint density at radius 2 is 1.65 bits per heavy atom. The summed E-state index contributed by atoms with van der Waals surface area (Å²) in [4.78, 5) is 30.0. The van der Waals surface area contributed by atoms with Crippen LogP contribution in [0.1, 0.15) is 27.6 Å². The molecule has 0 spiro atoms. The van der Waals surface area contributed by atoms with Crippen molar-refractivity contribution < 1.29 is 18.0 Å². The van der Waals surface area contributed by atoms with Crippen molar-refractivity contribution in [3.63, 3.8) is 0 Å². The Morgan fingerprint density at radius 3 is 2.26 bits per heavy atom. The summed E-state index contributed by atoms with van der Waals surface area (Å²) >= 11 is 0. The van der Waals surface area contributed by atoms with Gasteiger partial charge in [0.1, 0.15) is 12.7 Å². The van der Waals surface area contributed by atoms with Gasteiger partial charge in [0.2, 0.25) is 10.0 Å². The Kier molecular flexibility index (Phi) is 5.66. The molecule has 31 heavy (non-hydrogen) atoms. The molecule has 0 N–H and O–H groups in total. The second kappa shape index (κ2) is 8.40. The normalized spacial score (nSPS) is 15.1. The number of hydrogen-bond acceptors (Lipinski definition) is 6. The molecule has 0 unspecified atom stereocenters. The highest BCUT2D eigenvalue weighted by atomic mass is 32.2. The van der Waals surface area contributed by atoms with E-state index in [1.807, 2.05) is 0 Å². The van der Waals surface area contributed by atoms with Crippen molar-refractivity contribution in [1.82, 2.24) is 24.0 Å². The number of sulfonamides is 1. The van der Waals surface area contributed by atoms with E-state index in [0.717, 1.165) is 5.69 Å². The van der Waals surface area contributed by atoms with Crippen molar-refractivity contribution in [2.45, 2.75) is 11.8 Å². The summed E-state index contributed by atoms with van der Waals surface area (Å²) in [6.45, 7) is 2.35. The molecular formula is C21H21N5O4S. The number of hydrogen-bond donors (Lipinski definition) is 0. The second-order valence-corrected chi connectivity index (χ2v) is 9.11. The molecular weight excluding hydrogens is 418 g/mol. The van der Waals surface area contributed by atoms with Crippen LogP contribution in [0.15, 0.2) is 66.1 Å². The van der Waals surface area contributed by atoms with Crippen molar-refractivity contribution in [1.29, 1.82) is 0 Å². The molecule has 1 aliphatic rings. The van der Waals surface area contributed by atoms with Gasteiger partial charge in [-0.3, -0.25) is 9.59 Å². The number of aromatic nitrogens is 3. The smallest absolute Gasteiger partial charge is 0.253 e. The van der Waals surface area contributed by atoms with E-state index in [2.05, 4.69) is 10.1 Å². The first-order chi connectivity index (χ1) is 14.9. The molecule has 2 heterocycles. The molecule has 9 nitrogen and oxygen atoms in total. The summed E-state index contributed by atoms with van der Waals surface area (Å²) in [5.41, 5.74) is 1.66. The topological polar surface area (TPSA) is 105 Å². The Labute approximate surface area is 180 Å². The third-order valence-electron chi connectivity index (χ3n) is 5.20. The van der Waals surface area contributed by atoms with Crippen LogP contribution in [0.4, 0.5) is 0 Å². The Morgan fingerprint density at radius 1 is 0.935 bits per heavy atom. The van der Waals surface area contributed by atoms with Gasteiger partial charge < -0.3 is 4.90 Å². The van der Waals surface area contributed by atoms with Gasteiger partial charge in [0.15, 0.2) is 5.78 Å². The highest BCUT2D eigenvalue weighted by molar-refractivity contribution is 7.89. The molecule has 4 rings (SSSR count). The fourth-order valence-electron chi connectivity index (χ4n) is 3.44. The minimum atomic E-state index is -3.74. The highest BCUT2D eigenvalue weighted by Gasteiger charge is 2.30. The Bertz CT molecular complexity index is 1200. The summed E-state index contributed by atoms with van der Waals surface area (Å²) in [7, 11) is -3.74. The third-order valence-corrected chi connectivity index (χ3v) is 7.10. The van der Waals surface area contributed by atoms with Crippen LogP contribution in [-0.4, -0.2) is 70.3 Å². The van der Waals surface area contributed by atoms with Crippen molar-refractivity contribution >= 4 is 21.7 Å². The molecule has 0 atom stereocenters. The van der Waals surface area contributed by atoms with Gasteiger partial charge in [-0.15, -0.1) is 0 Å². The van der Waals surface area contributed by atoms with E-state index in [0.29, 0.717) is 11.1 Å². The first kappa shape index (κ1) is 20.9. The lowest BCUT2D eigenvalue weighted by Gasteiger charge is -2.34. The number of rotatable bonds is 5. The van der Waals surface area contributed by atoms with Gasteiger partial charge in [0.25, 0.3) is 5.91 Å². The van der Waals surface area contributed by atoms with Gasteiger partial charge in [-0.05, 0) is 43.3 Å². The van der Waals surface area contributed by atoms with Gasteiger partial charge in [0, 0.05) is 37.3 Å². The average Bonchev–Trinajstić information content (AvgIpc) is 3.34. The van der Waals surface area contributed by atoms with Crippen molar-refractivity contribution in [3.8, 4) is 5.69 Å². The molecule has 1 aliphatic heterocycles. The van der Waals surface area contributed by atoms with Crippen LogP contribution in [0.5, 0.6) is 0 Å². The molecule has 1 fully saturated rings. The van der Waals surface area contributed by atoms with Crippen LogP contribution >= 0.6 is 0 Å². The van der Waals surface area contributed by atoms with Crippen LogP contribution in [0.3, 0.4) is 0 Å². The number of nitrogens with zero attached hydrogens (tertiary/aromatic N) is 5. The zero-order valence-electron chi connectivity index (χ0n) is 16.9. The van der Waals surface area contributed by atoms with Crippen LogP contribution < -0.4 is 0 Å². The van der Waals surface area contributed by atoms with E-state index in [1.54, 1.807) is 52.3 Å². The quantitative estimate of drug-likeness (QED) is 0.560. The zero-order chi connectivity index (χ0) is 22.0. The minimum Gasteiger partial charge on any atom is -0.336 e. The average molecular weight is 439 g/mol. The molecule has 160 valence electrons. The predicted octanol–water partition coefficient (Wildman–Crippen LogP) is 1.62. The van der Waals surface area contributed by atoms with Crippen LogP contribution in [-0.2, 0) is 10.0 Å². The molecule has 0 bridgehead atoms. The number of Topliss-reactive ketones (excluding diaryl/α,β-unsaturated/α-hetero) is 1. The van der Waals surface area contributed by atoms with Gasteiger partial charge in [-0.2, -0.15) is 9.40 Å². The largest absolute Gasteiger partial charge is 0.336 e. The molecule has 0 aliphatic carbocycles. The van der Waals surface area contributed by atoms with E-state index >= 15 is 0 Å². The summed E-state index contributed by atoms with van der Waals surface area (Å²) in [5, 5.41) is 4.05. The first-order valence-electron chi connectivity index (χ1n) is 9.72. The summed E-state index contributed by atoms with van der Waals surface area (Å²) in [6.07, 6.45) is 3.01. The molecule has 1 aromatic heterocycles. The molecule has 2 aromatic carbocycles. The molecule has 1 amide bonds. The molecule has 3 aromatic rings.